The van der Waals surface area contributed by atoms with Gasteiger partial charge in [0.25, 0.3) is 5.91 Å². The fraction of sp³-hybridized carbons (Fsp3) is 0.400. The third-order valence-electron chi connectivity index (χ3n) is 3.77. The summed E-state index contributed by atoms with van der Waals surface area (Å²) in [5.74, 6) is 0.944. The van der Waals surface area contributed by atoms with Crippen LogP contribution in [-0.4, -0.2) is 51.8 Å². The molecule has 1 aliphatic rings. The van der Waals surface area contributed by atoms with E-state index < -0.39 is 0 Å². The maximum absolute atomic E-state index is 12.5. The van der Waals surface area contributed by atoms with Crippen molar-refractivity contribution in [3.05, 3.63) is 41.3 Å². The Kier molecular flexibility index (Phi) is 4.29. The molecule has 2 aromatic heterocycles. The predicted molar refractivity (Wildman–Crippen MR) is 85.2 cm³/mol. The Balaban J connectivity index is 1.67. The number of carbonyl (C=O) groups is 1. The fourth-order valence-corrected chi connectivity index (χ4v) is 2.73. The molecular formula is C15H18ClN5O. The van der Waals surface area contributed by atoms with Crippen LogP contribution in [0, 0.1) is 0 Å². The van der Waals surface area contributed by atoms with E-state index in [4.69, 9.17) is 11.6 Å². The largest absolute Gasteiger partial charge is 0.355 e. The number of anilines is 1. The van der Waals surface area contributed by atoms with E-state index >= 15 is 0 Å². The smallest absolute Gasteiger partial charge is 0.257 e. The molecule has 3 heterocycles. The molecule has 6 nitrogen and oxygen atoms in total. The van der Waals surface area contributed by atoms with Gasteiger partial charge in [-0.15, -0.1) is 0 Å². The minimum Gasteiger partial charge on any atom is -0.355 e. The summed E-state index contributed by atoms with van der Waals surface area (Å²) in [6.07, 6.45) is 5.94. The molecule has 0 atom stereocenters. The van der Waals surface area contributed by atoms with E-state index in [1.807, 2.05) is 24.1 Å². The van der Waals surface area contributed by atoms with Crippen molar-refractivity contribution < 1.29 is 4.79 Å². The Labute approximate surface area is 134 Å². The van der Waals surface area contributed by atoms with Gasteiger partial charge in [0, 0.05) is 45.6 Å². The molecule has 116 valence electrons. The van der Waals surface area contributed by atoms with Gasteiger partial charge in [-0.3, -0.25) is 9.48 Å². The van der Waals surface area contributed by atoms with Crippen LogP contribution in [0.4, 0.5) is 5.82 Å². The molecule has 0 N–H and O–H groups in total. The number of aryl methyl sites for hydroxylation is 1. The maximum Gasteiger partial charge on any atom is 0.257 e. The van der Waals surface area contributed by atoms with Crippen LogP contribution in [0.1, 0.15) is 16.8 Å². The van der Waals surface area contributed by atoms with Crippen LogP contribution < -0.4 is 4.90 Å². The monoisotopic (exact) mass is 319 g/mol. The molecule has 0 spiro atoms. The van der Waals surface area contributed by atoms with Crippen LogP contribution >= 0.6 is 11.6 Å². The normalized spacial score (nSPS) is 15.7. The zero-order chi connectivity index (χ0) is 15.5. The average Bonchev–Trinajstić information content (AvgIpc) is 2.81. The molecule has 2 aromatic rings. The van der Waals surface area contributed by atoms with Gasteiger partial charge in [0.1, 0.15) is 5.82 Å². The van der Waals surface area contributed by atoms with Gasteiger partial charge < -0.3 is 9.80 Å². The van der Waals surface area contributed by atoms with E-state index in [0.717, 1.165) is 31.9 Å². The summed E-state index contributed by atoms with van der Waals surface area (Å²) in [4.78, 5) is 20.9. The highest BCUT2D eigenvalue weighted by atomic mass is 35.5. The summed E-state index contributed by atoms with van der Waals surface area (Å²) in [7, 11) is 1.81. The summed E-state index contributed by atoms with van der Waals surface area (Å²) in [6.45, 7) is 3.07. The van der Waals surface area contributed by atoms with Crippen LogP contribution in [0.15, 0.2) is 30.7 Å². The van der Waals surface area contributed by atoms with Gasteiger partial charge in [-0.25, -0.2) is 4.98 Å². The van der Waals surface area contributed by atoms with Gasteiger partial charge in [0.15, 0.2) is 0 Å². The molecule has 22 heavy (non-hydrogen) atoms. The topological polar surface area (TPSA) is 54.3 Å². The number of aromatic nitrogens is 3. The van der Waals surface area contributed by atoms with Crippen LogP contribution in [0.25, 0.3) is 0 Å². The summed E-state index contributed by atoms with van der Waals surface area (Å²) in [5, 5.41) is 4.69. The first-order valence-electron chi connectivity index (χ1n) is 7.28. The lowest BCUT2D eigenvalue weighted by Crippen LogP contribution is -2.35. The first kappa shape index (κ1) is 14.8. The maximum atomic E-state index is 12.5. The molecule has 0 saturated carbocycles. The van der Waals surface area contributed by atoms with Crippen LogP contribution in [0.3, 0.4) is 0 Å². The molecule has 7 heteroatoms. The Hall–Kier alpha value is -2.08. The summed E-state index contributed by atoms with van der Waals surface area (Å²) in [6, 6.07) is 3.76. The minimum absolute atomic E-state index is 0.0408. The SMILES string of the molecule is Cn1cc(C(=O)N2CCCN(c3ccc(Cl)cn3)CC2)cn1. The van der Waals surface area contributed by atoms with E-state index in [1.54, 1.807) is 23.3 Å². The number of nitrogens with zero attached hydrogens (tertiary/aromatic N) is 5. The lowest BCUT2D eigenvalue weighted by molar-refractivity contribution is 0.0767. The lowest BCUT2D eigenvalue weighted by atomic mass is 10.3. The predicted octanol–water partition coefficient (Wildman–Crippen LogP) is 1.82. The second-order valence-electron chi connectivity index (χ2n) is 5.37. The van der Waals surface area contributed by atoms with Crippen LogP contribution in [0.5, 0.6) is 0 Å². The molecule has 1 amide bonds. The van der Waals surface area contributed by atoms with Crippen molar-refractivity contribution in [1.82, 2.24) is 19.7 Å². The Morgan fingerprint density at radius 2 is 2.05 bits per heavy atom. The lowest BCUT2D eigenvalue weighted by Gasteiger charge is -2.22. The van der Waals surface area contributed by atoms with Gasteiger partial charge in [-0.2, -0.15) is 5.10 Å². The van der Waals surface area contributed by atoms with Gasteiger partial charge >= 0.3 is 0 Å². The summed E-state index contributed by atoms with van der Waals surface area (Å²) >= 11 is 5.88. The highest BCUT2D eigenvalue weighted by molar-refractivity contribution is 6.30. The van der Waals surface area contributed by atoms with E-state index in [-0.39, 0.29) is 5.91 Å². The van der Waals surface area contributed by atoms with Gasteiger partial charge in [0.2, 0.25) is 0 Å². The second-order valence-corrected chi connectivity index (χ2v) is 5.81. The van der Waals surface area contributed by atoms with Crippen molar-refractivity contribution in [3.63, 3.8) is 0 Å². The molecule has 0 radical (unpaired) electrons. The van der Waals surface area contributed by atoms with Crippen molar-refractivity contribution in [2.24, 2.45) is 7.05 Å². The minimum atomic E-state index is 0.0408. The van der Waals surface area contributed by atoms with E-state index in [9.17, 15) is 4.79 Å². The number of hydrogen-bond acceptors (Lipinski definition) is 4. The molecular weight excluding hydrogens is 302 g/mol. The van der Waals surface area contributed by atoms with Gasteiger partial charge in [-0.05, 0) is 18.6 Å². The van der Waals surface area contributed by atoms with Crippen LogP contribution in [-0.2, 0) is 7.05 Å². The summed E-state index contributed by atoms with van der Waals surface area (Å²) in [5.41, 5.74) is 0.639. The Bertz CT molecular complexity index is 654. The molecule has 0 bridgehead atoms. The van der Waals surface area contributed by atoms with Gasteiger partial charge in [0.05, 0.1) is 16.8 Å². The quantitative estimate of drug-likeness (QED) is 0.847. The molecule has 0 unspecified atom stereocenters. The number of pyridine rings is 1. The molecule has 1 fully saturated rings. The highest BCUT2D eigenvalue weighted by Crippen LogP contribution is 2.17. The first-order valence-corrected chi connectivity index (χ1v) is 7.66. The summed E-state index contributed by atoms with van der Waals surface area (Å²) < 4.78 is 1.65. The van der Waals surface area contributed by atoms with Crippen molar-refractivity contribution >= 4 is 23.3 Å². The second kappa shape index (κ2) is 6.36. The van der Waals surface area contributed by atoms with E-state index in [0.29, 0.717) is 17.1 Å². The highest BCUT2D eigenvalue weighted by Gasteiger charge is 2.21. The van der Waals surface area contributed by atoms with E-state index in [2.05, 4.69) is 15.0 Å². The van der Waals surface area contributed by atoms with Crippen molar-refractivity contribution in [2.45, 2.75) is 6.42 Å². The van der Waals surface area contributed by atoms with Crippen molar-refractivity contribution in [2.75, 3.05) is 31.1 Å². The Morgan fingerprint density at radius 3 is 2.73 bits per heavy atom. The first-order chi connectivity index (χ1) is 10.6. The number of rotatable bonds is 2. The standard InChI is InChI=1S/C15H18ClN5O/c1-19-11-12(9-18-19)15(22)21-6-2-5-20(7-8-21)14-4-3-13(16)10-17-14/h3-4,9-11H,2,5-8H2,1H3. The van der Waals surface area contributed by atoms with Crippen LogP contribution in [0.2, 0.25) is 5.02 Å². The zero-order valence-corrected chi connectivity index (χ0v) is 13.2. The zero-order valence-electron chi connectivity index (χ0n) is 12.4. The average molecular weight is 320 g/mol. The molecule has 0 aromatic carbocycles. The van der Waals surface area contributed by atoms with Crippen molar-refractivity contribution in [1.29, 1.82) is 0 Å². The van der Waals surface area contributed by atoms with Crippen molar-refractivity contribution in [3.8, 4) is 0 Å². The third-order valence-corrected chi connectivity index (χ3v) is 3.99. The van der Waals surface area contributed by atoms with Gasteiger partial charge in [-0.1, -0.05) is 11.6 Å². The number of hydrogen-bond donors (Lipinski definition) is 0. The number of carbonyl (C=O) groups excluding carboxylic acids is 1. The molecule has 0 aliphatic carbocycles. The number of halogens is 1. The fourth-order valence-electron chi connectivity index (χ4n) is 2.62. The Morgan fingerprint density at radius 1 is 1.18 bits per heavy atom. The van der Waals surface area contributed by atoms with E-state index in [1.165, 1.54) is 0 Å². The third kappa shape index (κ3) is 3.22. The molecule has 1 aliphatic heterocycles. The molecule has 1 saturated heterocycles. The molecule has 3 rings (SSSR count). The number of amides is 1.